The number of ether oxygens (including phenoxy) is 2. The summed E-state index contributed by atoms with van der Waals surface area (Å²) in [6.45, 7) is 9.76. The second-order valence-corrected chi connectivity index (χ2v) is 7.09. The van der Waals surface area contributed by atoms with E-state index in [1.807, 2.05) is 0 Å². The van der Waals surface area contributed by atoms with E-state index in [4.69, 9.17) is 9.47 Å². The maximum absolute atomic E-state index is 5.74. The number of aromatic nitrogens is 2. The van der Waals surface area contributed by atoms with Gasteiger partial charge in [-0.3, -0.25) is 4.90 Å². The van der Waals surface area contributed by atoms with Gasteiger partial charge in [0, 0.05) is 58.5 Å². The molecule has 0 amide bonds. The van der Waals surface area contributed by atoms with Crippen molar-refractivity contribution in [1.29, 1.82) is 0 Å². The quantitative estimate of drug-likeness (QED) is 0.788. The second kappa shape index (κ2) is 8.29. The number of piperazine rings is 1. The van der Waals surface area contributed by atoms with Gasteiger partial charge in [-0.15, -0.1) is 0 Å². The van der Waals surface area contributed by atoms with Crippen LogP contribution >= 0.6 is 0 Å². The van der Waals surface area contributed by atoms with Crippen molar-refractivity contribution < 1.29 is 9.47 Å². The molecular weight excluding hydrogens is 318 g/mol. The highest BCUT2D eigenvalue weighted by Gasteiger charge is 2.22. The Balaban J connectivity index is 1.28. The topological polar surface area (TPSA) is 54.0 Å². The molecule has 1 aromatic heterocycles. The van der Waals surface area contributed by atoms with Crippen LogP contribution in [-0.4, -0.2) is 86.6 Å². The first kappa shape index (κ1) is 17.0. The fourth-order valence-electron chi connectivity index (χ4n) is 3.87. The molecule has 1 aromatic rings. The van der Waals surface area contributed by atoms with Crippen LogP contribution in [0.15, 0.2) is 12.4 Å². The van der Waals surface area contributed by atoms with Gasteiger partial charge in [-0.25, -0.2) is 9.97 Å². The summed E-state index contributed by atoms with van der Waals surface area (Å²) in [6.07, 6.45) is 5.84. The Kier molecular flexibility index (Phi) is 5.64. The van der Waals surface area contributed by atoms with Crippen LogP contribution in [0.4, 0.5) is 11.6 Å². The van der Waals surface area contributed by atoms with E-state index in [-0.39, 0.29) is 0 Å². The van der Waals surface area contributed by atoms with Crippen molar-refractivity contribution in [1.82, 2.24) is 14.9 Å². The fraction of sp³-hybridized carbons (Fsp3) is 0.778. The van der Waals surface area contributed by atoms with Crippen molar-refractivity contribution in [2.45, 2.75) is 25.4 Å². The van der Waals surface area contributed by atoms with Crippen molar-refractivity contribution in [3.63, 3.8) is 0 Å². The third kappa shape index (κ3) is 4.40. The molecule has 0 aromatic carbocycles. The van der Waals surface area contributed by atoms with Crippen molar-refractivity contribution in [2.75, 3.05) is 75.4 Å². The summed E-state index contributed by atoms with van der Waals surface area (Å²) in [4.78, 5) is 16.2. The van der Waals surface area contributed by atoms with E-state index in [0.717, 1.165) is 77.3 Å². The van der Waals surface area contributed by atoms with E-state index in [9.17, 15) is 0 Å². The van der Waals surface area contributed by atoms with Gasteiger partial charge in [-0.1, -0.05) is 0 Å². The minimum atomic E-state index is 0.496. The lowest BCUT2D eigenvalue weighted by Crippen LogP contribution is -2.47. The third-order valence-electron chi connectivity index (χ3n) is 5.46. The van der Waals surface area contributed by atoms with Crippen LogP contribution in [0.1, 0.15) is 19.3 Å². The number of rotatable bonds is 5. The average molecular weight is 347 g/mol. The normalized spacial score (nSPS) is 25.5. The van der Waals surface area contributed by atoms with Gasteiger partial charge in [0.1, 0.15) is 18.0 Å². The minimum Gasteiger partial charge on any atom is -0.378 e. The van der Waals surface area contributed by atoms with E-state index in [0.29, 0.717) is 6.10 Å². The van der Waals surface area contributed by atoms with Crippen LogP contribution in [0.3, 0.4) is 0 Å². The summed E-state index contributed by atoms with van der Waals surface area (Å²) >= 11 is 0. The molecule has 3 aliphatic heterocycles. The van der Waals surface area contributed by atoms with Crippen molar-refractivity contribution in [3.05, 3.63) is 12.4 Å². The highest BCUT2D eigenvalue weighted by Crippen LogP contribution is 2.20. The Hall–Kier alpha value is -1.44. The van der Waals surface area contributed by atoms with Crippen LogP contribution in [0, 0.1) is 0 Å². The van der Waals surface area contributed by atoms with Crippen LogP contribution in [-0.2, 0) is 9.47 Å². The summed E-state index contributed by atoms with van der Waals surface area (Å²) in [7, 11) is 0. The van der Waals surface area contributed by atoms with E-state index in [2.05, 4.69) is 30.7 Å². The van der Waals surface area contributed by atoms with Crippen molar-refractivity contribution >= 4 is 11.6 Å². The summed E-state index contributed by atoms with van der Waals surface area (Å²) in [5, 5.41) is 0. The summed E-state index contributed by atoms with van der Waals surface area (Å²) in [5.41, 5.74) is 0. The molecule has 138 valence electrons. The highest BCUT2D eigenvalue weighted by molar-refractivity contribution is 5.50. The zero-order chi connectivity index (χ0) is 16.9. The molecule has 0 N–H and O–H groups in total. The first-order valence-corrected chi connectivity index (χ1v) is 9.62. The number of anilines is 2. The Morgan fingerprint density at radius 2 is 1.64 bits per heavy atom. The average Bonchev–Trinajstić information content (AvgIpc) is 3.21. The zero-order valence-electron chi connectivity index (χ0n) is 15.0. The monoisotopic (exact) mass is 347 g/mol. The van der Waals surface area contributed by atoms with Gasteiger partial charge >= 0.3 is 0 Å². The first-order chi connectivity index (χ1) is 12.4. The molecule has 4 heterocycles. The summed E-state index contributed by atoms with van der Waals surface area (Å²) in [5.74, 6) is 2.07. The standard InChI is InChI=1S/C18H29N5O2/c1-2-16(25-11-1)3-4-21-5-7-22(8-6-21)17-14-18(20-15-19-17)23-9-12-24-13-10-23/h14-16H,1-13H2. The highest BCUT2D eigenvalue weighted by atomic mass is 16.5. The molecular formula is C18H29N5O2. The van der Waals surface area contributed by atoms with E-state index in [1.54, 1.807) is 6.33 Å². The first-order valence-electron chi connectivity index (χ1n) is 9.62. The van der Waals surface area contributed by atoms with Gasteiger partial charge in [-0.2, -0.15) is 0 Å². The molecule has 0 spiro atoms. The van der Waals surface area contributed by atoms with Crippen LogP contribution in [0.5, 0.6) is 0 Å². The molecule has 3 saturated heterocycles. The van der Waals surface area contributed by atoms with Gasteiger partial charge in [-0.05, 0) is 19.3 Å². The predicted molar refractivity (Wildman–Crippen MR) is 97.3 cm³/mol. The molecule has 0 saturated carbocycles. The lowest BCUT2D eigenvalue weighted by Gasteiger charge is -2.36. The molecule has 4 rings (SSSR count). The summed E-state index contributed by atoms with van der Waals surface area (Å²) in [6, 6.07) is 2.13. The molecule has 1 unspecified atom stereocenters. The molecule has 0 bridgehead atoms. The fourth-order valence-corrected chi connectivity index (χ4v) is 3.87. The van der Waals surface area contributed by atoms with Crippen LogP contribution in [0.25, 0.3) is 0 Å². The lowest BCUT2D eigenvalue weighted by atomic mass is 10.1. The number of hydrogen-bond acceptors (Lipinski definition) is 7. The zero-order valence-corrected chi connectivity index (χ0v) is 15.0. The van der Waals surface area contributed by atoms with Crippen molar-refractivity contribution in [2.24, 2.45) is 0 Å². The number of hydrogen-bond donors (Lipinski definition) is 0. The minimum absolute atomic E-state index is 0.496. The largest absolute Gasteiger partial charge is 0.378 e. The Morgan fingerprint density at radius 1 is 0.920 bits per heavy atom. The summed E-state index contributed by atoms with van der Waals surface area (Å²) < 4.78 is 11.2. The van der Waals surface area contributed by atoms with Crippen LogP contribution < -0.4 is 9.80 Å². The van der Waals surface area contributed by atoms with Crippen LogP contribution in [0.2, 0.25) is 0 Å². The Morgan fingerprint density at radius 3 is 2.32 bits per heavy atom. The number of nitrogens with zero attached hydrogens (tertiary/aromatic N) is 5. The Labute approximate surface area is 149 Å². The molecule has 3 fully saturated rings. The molecule has 1 atom stereocenters. The Bertz CT molecular complexity index is 538. The maximum Gasteiger partial charge on any atom is 0.134 e. The lowest BCUT2D eigenvalue weighted by molar-refractivity contribution is 0.0910. The molecule has 7 heteroatoms. The van der Waals surface area contributed by atoms with Crippen molar-refractivity contribution in [3.8, 4) is 0 Å². The molecule has 0 aliphatic carbocycles. The maximum atomic E-state index is 5.74. The molecule has 3 aliphatic rings. The SMILES string of the molecule is c1nc(N2CCOCC2)cc(N2CCN(CCC3CCCO3)CC2)n1. The predicted octanol–water partition coefficient (Wildman–Crippen LogP) is 1.00. The van der Waals surface area contributed by atoms with Gasteiger partial charge < -0.3 is 19.3 Å². The van der Waals surface area contributed by atoms with E-state index in [1.165, 1.54) is 19.3 Å². The van der Waals surface area contributed by atoms with E-state index >= 15 is 0 Å². The second-order valence-electron chi connectivity index (χ2n) is 7.09. The van der Waals surface area contributed by atoms with Gasteiger partial charge in [0.25, 0.3) is 0 Å². The molecule has 7 nitrogen and oxygen atoms in total. The van der Waals surface area contributed by atoms with Gasteiger partial charge in [0.2, 0.25) is 0 Å². The van der Waals surface area contributed by atoms with Gasteiger partial charge in [0.05, 0.1) is 19.3 Å². The smallest absolute Gasteiger partial charge is 0.134 e. The van der Waals surface area contributed by atoms with E-state index < -0.39 is 0 Å². The number of morpholine rings is 1. The third-order valence-corrected chi connectivity index (χ3v) is 5.46. The van der Waals surface area contributed by atoms with Gasteiger partial charge in [0.15, 0.2) is 0 Å². The molecule has 0 radical (unpaired) electrons. The molecule has 25 heavy (non-hydrogen) atoms.